The Bertz CT molecular complexity index is 902. The molecule has 1 aromatic carbocycles. The molecule has 0 heterocycles. The van der Waals surface area contributed by atoms with Gasteiger partial charge in [-0.25, -0.2) is 4.79 Å². The van der Waals surface area contributed by atoms with Gasteiger partial charge >= 0.3 is 6.09 Å². The summed E-state index contributed by atoms with van der Waals surface area (Å²) in [6, 6.07) is 6.17. The molecule has 0 fully saturated rings. The predicted octanol–water partition coefficient (Wildman–Crippen LogP) is 7.18. The van der Waals surface area contributed by atoms with Crippen LogP contribution in [-0.2, 0) is 14.3 Å². The van der Waals surface area contributed by atoms with Crippen molar-refractivity contribution in [3.63, 3.8) is 0 Å². The monoisotopic (exact) mass is 577 g/mol. The molecule has 8 heteroatoms. The lowest BCUT2D eigenvalue weighted by atomic mass is 9.97. The number of carbonyl (C=O) groups excluding carboxylic acids is 3. The number of carbonyl (C=O) groups is 3. The van der Waals surface area contributed by atoms with Gasteiger partial charge in [-0.15, -0.1) is 0 Å². The maximum absolute atomic E-state index is 14.3. The van der Waals surface area contributed by atoms with E-state index in [2.05, 4.69) is 24.5 Å². The van der Waals surface area contributed by atoms with Gasteiger partial charge in [-0.1, -0.05) is 76.6 Å². The zero-order valence-corrected chi connectivity index (χ0v) is 27.1. The topological polar surface area (TPSA) is 87.7 Å². The van der Waals surface area contributed by atoms with Crippen molar-refractivity contribution in [2.24, 2.45) is 0 Å². The normalized spacial score (nSPS) is 13.7. The number of unbranched alkanes of at least 4 members (excludes halogenated alkanes) is 5. The number of hydrogen-bond donors (Lipinski definition) is 2. The van der Waals surface area contributed by atoms with Gasteiger partial charge in [0, 0.05) is 12.6 Å². The van der Waals surface area contributed by atoms with E-state index in [0.29, 0.717) is 18.7 Å². The Labute approximate surface area is 248 Å². The molecule has 0 radical (unpaired) electrons. The van der Waals surface area contributed by atoms with Crippen LogP contribution in [0.15, 0.2) is 24.3 Å². The summed E-state index contributed by atoms with van der Waals surface area (Å²) in [6.45, 7) is 14.1. The lowest BCUT2D eigenvalue weighted by molar-refractivity contribution is -0.143. The summed E-state index contributed by atoms with van der Waals surface area (Å²) in [5.41, 5.74) is 1.07. The Balaban J connectivity index is 3.45. The number of thioether (sulfide) groups is 1. The molecular formula is C32H55N3O4S. The summed E-state index contributed by atoms with van der Waals surface area (Å²) in [5, 5.41) is 6.00. The fraction of sp³-hybridized carbons (Fsp3) is 0.719. The zero-order chi connectivity index (χ0) is 30.1. The van der Waals surface area contributed by atoms with Crippen molar-refractivity contribution in [3.8, 4) is 0 Å². The Morgan fingerprint density at radius 3 is 2.20 bits per heavy atom. The minimum Gasteiger partial charge on any atom is -0.444 e. The lowest BCUT2D eigenvalue weighted by Gasteiger charge is -2.35. The molecular weight excluding hydrogens is 522 g/mol. The Hall–Kier alpha value is -2.22. The quantitative estimate of drug-likeness (QED) is 0.181. The molecule has 7 nitrogen and oxygen atoms in total. The molecule has 0 spiro atoms. The molecule has 0 bridgehead atoms. The lowest BCUT2D eigenvalue weighted by Crippen LogP contribution is -2.54. The van der Waals surface area contributed by atoms with Crippen LogP contribution in [0.3, 0.4) is 0 Å². The van der Waals surface area contributed by atoms with Crippen molar-refractivity contribution in [1.29, 1.82) is 0 Å². The molecule has 0 aliphatic rings. The van der Waals surface area contributed by atoms with Crippen molar-refractivity contribution in [3.05, 3.63) is 35.4 Å². The first-order chi connectivity index (χ1) is 18.9. The molecule has 0 aliphatic carbocycles. The zero-order valence-electron chi connectivity index (χ0n) is 26.3. The number of benzene rings is 1. The molecule has 40 heavy (non-hydrogen) atoms. The molecule has 1 aromatic rings. The van der Waals surface area contributed by atoms with Crippen LogP contribution in [0, 0.1) is 6.92 Å². The maximum Gasteiger partial charge on any atom is 0.408 e. The Morgan fingerprint density at radius 1 is 0.950 bits per heavy atom. The molecule has 0 aliphatic heterocycles. The van der Waals surface area contributed by atoms with E-state index < -0.39 is 23.8 Å². The van der Waals surface area contributed by atoms with E-state index in [-0.39, 0.29) is 17.9 Å². The van der Waals surface area contributed by atoms with Crippen LogP contribution in [0.25, 0.3) is 0 Å². The fourth-order valence-electron chi connectivity index (χ4n) is 4.74. The van der Waals surface area contributed by atoms with Crippen LogP contribution >= 0.6 is 11.8 Å². The average Bonchev–Trinajstić information content (AvgIpc) is 2.87. The highest BCUT2D eigenvalue weighted by Crippen LogP contribution is 2.27. The van der Waals surface area contributed by atoms with E-state index in [4.69, 9.17) is 4.74 Å². The molecule has 228 valence electrons. The van der Waals surface area contributed by atoms with Gasteiger partial charge in [-0.3, -0.25) is 9.59 Å². The summed E-state index contributed by atoms with van der Waals surface area (Å²) in [6.07, 6.45) is 9.99. The van der Waals surface area contributed by atoms with Crippen LogP contribution in [0.5, 0.6) is 0 Å². The van der Waals surface area contributed by atoms with Gasteiger partial charge in [-0.05, 0) is 77.0 Å². The minimum absolute atomic E-state index is 0.0119. The first kappa shape index (κ1) is 35.8. The largest absolute Gasteiger partial charge is 0.444 e. The van der Waals surface area contributed by atoms with E-state index in [1.54, 1.807) is 37.4 Å². The van der Waals surface area contributed by atoms with Crippen LogP contribution in [0.1, 0.15) is 116 Å². The summed E-state index contributed by atoms with van der Waals surface area (Å²) < 4.78 is 5.50. The highest BCUT2D eigenvalue weighted by atomic mass is 32.2. The summed E-state index contributed by atoms with van der Waals surface area (Å²) in [7, 11) is 0. The number of nitrogens with one attached hydrogen (secondary N) is 2. The van der Waals surface area contributed by atoms with Crippen LogP contribution in [0.2, 0.25) is 0 Å². The van der Waals surface area contributed by atoms with Gasteiger partial charge in [0.1, 0.15) is 17.7 Å². The number of nitrogens with zero attached hydrogens (tertiary/aromatic N) is 1. The van der Waals surface area contributed by atoms with E-state index in [0.717, 1.165) is 49.7 Å². The summed E-state index contributed by atoms with van der Waals surface area (Å²) in [4.78, 5) is 42.7. The second-order valence-electron chi connectivity index (χ2n) is 11.7. The van der Waals surface area contributed by atoms with E-state index in [1.807, 2.05) is 44.4 Å². The smallest absolute Gasteiger partial charge is 0.408 e. The number of aryl methyl sites for hydroxylation is 1. The van der Waals surface area contributed by atoms with E-state index in [1.165, 1.54) is 12.8 Å². The number of hydrogen-bond acceptors (Lipinski definition) is 5. The second kappa shape index (κ2) is 19.0. The highest BCUT2D eigenvalue weighted by Gasteiger charge is 2.36. The van der Waals surface area contributed by atoms with Gasteiger partial charge < -0.3 is 20.3 Å². The third-order valence-corrected chi connectivity index (χ3v) is 7.43. The Morgan fingerprint density at radius 2 is 1.60 bits per heavy atom. The molecule has 0 saturated heterocycles. The molecule has 2 N–H and O–H groups in total. The first-order valence-corrected chi connectivity index (χ1v) is 16.5. The van der Waals surface area contributed by atoms with E-state index >= 15 is 0 Å². The minimum atomic E-state index is -0.797. The number of alkyl carbamates (subject to hydrolysis) is 1. The van der Waals surface area contributed by atoms with Gasteiger partial charge in [0.2, 0.25) is 11.8 Å². The van der Waals surface area contributed by atoms with Gasteiger partial charge in [0.05, 0.1) is 0 Å². The Kier molecular flexibility index (Phi) is 17.0. The number of ether oxygens (including phenoxy) is 1. The molecule has 0 saturated carbocycles. The second-order valence-corrected chi connectivity index (χ2v) is 12.7. The SMILES string of the molecule is CCCCCCCCN(C(=O)C(CCSC)NC(=O)OC(C)(C)C)C(C(=O)NC(C)CCC)c1ccccc1C. The molecule has 3 amide bonds. The molecule has 3 atom stereocenters. The summed E-state index contributed by atoms with van der Waals surface area (Å²) in [5.74, 6) is 0.252. The van der Waals surface area contributed by atoms with Crippen molar-refractivity contribution in [2.45, 2.75) is 130 Å². The van der Waals surface area contributed by atoms with Crippen LogP contribution in [0.4, 0.5) is 4.79 Å². The van der Waals surface area contributed by atoms with Crippen molar-refractivity contribution in [2.75, 3.05) is 18.6 Å². The van der Waals surface area contributed by atoms with Crippen molar-refractivity contribution >= 4 is 29.7 Å². The number of rotatable bonds is 18. The highest BCUT2D eigenvalue weighted by molar-refractivity contribution is 7.98. The first-order valence-electron chi connectivity index (χ1n) is 15.1. The molecule has 1 rings (SSSR count). The predicted molar refractivity (Wildman–Crippen MR) is 168 cm³/mol. The van der Waals surface area contributed by atoms with E-state index in [9.17, 15) is 14.4 Å². The standard InChI is InChI=1S/C32H55N3O4S/c1-9-11-12-13-14-17-22-35(30(37)27(21-23-40-8)34-31(38)39-32(5,6)7)28(26-20-16-15-19-24(26)3)29(36)33-25(4)18-10-2/h15-16,19-20,25,27-28H,9-14,17-18,21-23H2,1-8H3,(H,33,36)(H,34,38). The van der Waals surface area contributed by atoms with Crippen molar-refractivity contribution < 1.29 is 19.1 Å². The average molecular weight is 578 g/mol. The summed E-state index contributed by atoms with van der Waals surface area (Å²) >= 11 is 1.61. The van der Waals surface area contributed by atoms with Crippen LogP contribution in [-0.4, -0.2) is 59.0 Å². The van der Waals surface area contributed by atoms with Crippen LogP contribution < -0.4 is 10.6 Å². The fourth-order valence-corrected chi connectivity index (χ4v) is 5.21. The van der Waals surface area contributed by atoms with Crippen molar-refractivity contribution in [1.82, 2.24) is 15.5 Å². The molecule has 0 aromatic heterocycles. The van der Waals surface area contributed by atoms with Gasteiger partial charge in [-0.2, -0.15) is 11.8 Å². The van der Waals surface area contributed by atoms with Gasteiger partial charge in [0.25, 0.3) is 0 Å². The third-order valence-electron chi connectivity index (χ3n) is 6.79. The third kappa shape index (κ3) is 13.4. The maximum atomic E-state index is 14.3. The number of amides is 3. The van der Waals surface area contributed by atoms with Gasteiger partial charge in [0.15, 0.2) is 0 Å². The molecule has 3 unspecified atom stereocenters.